The first-order chi connectivity index (χ1) is 15.5. The molecule has 0 unspecified atom stereocenters. The average molecular weight is 449 g/mol. The molecule has 0 aliphatic rings. The molecule has 3 rings (SSSR count). The van der Waals surface area contributed by atoms with Crippen molar-refractivity contribution in [3.05, 3.63) is 94.5 Å². The van der Waals surface area contributed by atoms with Gasteiger partial charge < -0.3 is 14.8 Å². The van der Waals surface area contributed by atoms with Crippen molar-refractivity contribution in [3.63, 3.8) is 0 Å². The zero-order valence-corrected chi connectivity index (χ0v) is 18.6. The number of hydrogen-bond donors (Lipinski definition) is 1. The average Bonchev–Trinajstić information content (AvgIpc) is 3.24. The van der Waals surface area contributed by atoms with E-state index < -0.39 is 5.97 Å². The summed E-state index contributed by atoms with van der Waals surface area (Å²) in [6.45, 7) is 6.08. The van der Waals surface area contributed by atoms with E-state index in [1.807, 2.05) is 55.5 Å². The van der Waals surface area contributed by atoms with Gasteiger partial charge in [-0.1, -0.05) is 42.5 Å². The summed E-state index contributed by atoms with van der Waals surface area (Å²) in [5.41, 5.74) is 3.34. The van der Waals surface area contributed by atoms with Gasteiger partial charge in [-0.15, -0.1) is 11.3 Å². The highest BCUT2D eigenvalue weighted by Crippen LogP contribution is 2.15. The molecule has 0 atom stereocenters. The first-order valence-electron chi connectivity index (χ1n) is 10.0. The maximum absolute atomic E-state index is 12.2. The fourth-order valence-electron chi connectivity index (χ4n) is 2.66. The van der Waals surface area contributed by atoms with Crippen molar-refractivity contribution < 1.29 is 19.1 Å². The van der Waals surface area contributed by atoms with E-state index in [0.717, 1.165) is 22.6 Å². The van der Waals surface area contributed by atoms with Crippen molar-refractivity contribution in [1.29, 1.82) is 0 Å². The lowest BCUT2D eigenvalue weighted by molar-refractivity contribution is -0.139. The number of anilines is 1. The van der Waals surface area contributed by atoms with Crippen LogP contribution in [0.2, 0.25) is 0 Å². The molecule has 0 aliphatic carbocycles. The van der Waals surface area contributed by atoms with Crippen LogP contribution < -0.4 is 10.1 Å². The third-order valence-corrected chi connectivity index (χ3v) is 5.17. The minimum atomic E-state index is -0.469. The molecule has 0 saturated heterocycles. The minimum Gasteiger partial charge on any atom is -0.490 e. The number of thiazole rings is 1. The van der Waals surface area contributed by atoms with Gasteiger partial charge in [0.15, 0.2) is 0 Å². The molecule has 0 aliphatic heterocycles. The fourth-order valence-corrected chi connectivity index (χ4v) is 3.44. The second kappa shape index (κ2) is 11.6. The Hall–Kier alpha value is -3.71. The molecule has 6 nitrogen and oxygen atoms in total. The molecular weight excluding hydrogens is 424 g/mol. The number of aromatic nitrogens is 1. The van der Waals surface area contributed by atoms with Crippen LogP contribution in [0.5, 0.6) is 5.75 Å². The number of amides is 1. The van der Waals surface area contributed by atoms with Gasteiger partial charge in [0.1, 0.15) is 24.0 Å². The summed E-state index contributed by atoms with van der Waals surface area (Å²) >= 11 is 1.36. The second-order valence-corrected chi connectivity index (χ2v) is 7.88. The number of benzene rings is 2. The topological polar surface area (TPSA) is 77.5 Å². The molecule has 0 bridgehead atoms. The molecule has 1 aromatic heterocycles. The quantitative estimate of drug-likeness (QED) is 0.270. The number of carbonyl (C=O) groups is 2. The summed E-state index contributed by atoms with van der Waals surface area (Å²) in [4.78, 5) is 28.5. The van der Waals surface area contributed by atoms with Crippen molar-refractivity contribution in [2.24, 2.45) is 0 Å². The van der Waals surface area contributed by atoms with Crippen LogP contribution in [0.3, 0.4) is 0 Å². The van der Waals surface area contributed by atoms with E-state index >= 15 is 0 Å². The standard InChI is InChI=1S/C25H24N2O4S/c1-3-14-30-22-11-6-19(7-12-22)8-13-25(29)31-16-21-17-32-24(27-21)15-23(28)26-20-9-4-18(2)5-10-20/h3-13,17H,1,14-16H2,2H3,(H,26,28)/b13-8+. The van der Waals surface area contributed by atoms with Crippen LogP contribution in [0.1, 0.15) is 21.8 Å². The first-order valence-corrected chi connectivity index (χ1v) is 10.9. The lowest BCUT2D eigenvalue weighted by Crippen LogP contribution is -2.14. The summed E-state index contributed by atoms with van der Waals surface area (Å²) < 4.78 is 10.7. The van der Waals surface area contributed by atoms with E-state index in [4.69, 9.17) is 9.47 Å². The molecule has 164 valence electrons. The largest absolute Gasteiger partial charge is 0.490 e. The van der Waals surface area contributed by atoms with Gasteiger partial charge in [0, 0.05) is 17.1 Å². The summed E-state index contributed by atoms with van der Waals surface area (Å²) in [6, 6.07) is 14.9. The first kappa shape index (κ1) is 23.0. The van der Waals surface area contributed by atoms with E-state index in [0.29, 0.717) is 17.3 Å². The molecule has 1 heterocycles. The molecule has 0 radical (unpaired) electrons. The Bertz CT molecular complexity index is 1090. The van der Waals surface area contributed by atoms with Gasteiger partial charge in [0.05, 0.1) is 12.1 Å². The molecule has 0 spiro atoms. The summed E-state index contributed by atoms with van der Waals surface area (Å²) in [5.74, 6) is 0.121. The van der Waals surface area contributed by atoms with Crippen molar-refractivity contribution in [2.75, 3.05) is 11.9 Å². The number of carbonyl (C=O) groups excluding carboxylic acids is 2. The maximum Gasteiger partial charge on any atom is 0.331 e. The highest BCUT2D eigenvalue weighted by molar-refractivity contribution is 7.09. The summed E-state index contributed by atoms with van der Waals surface area (Å²) in [7, 11) is 0. The van der Waals surface area contributed by atoms with E-state index in [-0.39, 0.29) is 18.9 Å². The Labute approximate surface area is 191 Å². The number of rotatable bonds is 10. The molecule has 0 fully saturated rings. The molecule has 2 aromatic carbocycles. The van der Waals surface area contributed by atoms with Gasteiger partial charge >= 0.3 is 5.97 Å². The van der Waals surface area contributed by atoms with Gasteiger partial charge in [-0.3, -0.25) is 4.79 Å². The summed E-state index contributed by atoms with van der Waals surface area (Å²) in [5, 5.41) is 5.29. The van der Waals surface area contributed by atoms with E-state index in [2.05, 4.69) is 16.9 Å². The monoisotopic (exact) mass is 448 g/mol. The molecule has 32 heavy (non-hydrogen) atoms. The zero-order valence-electron chi connectivity index (χ0n) is 17.7. The van der Waals surface area contributed by atoms with Crippen LogP contribution in [-0.4, -0.2) is 23.5 Å². The smallest absolute Gasteiger partial charge is 0.331 e. The normalized spacial score (nSPS) is 10.7. The molecule has 3 aromatic rings. The lowest BCUT2D eigenvalue weighted by atomic mass is 10.2. The van der Waals surface area contributed by atoms with Crippen molar-refractivity contribution in [1.82, 2.24) is 4.98 Å². The van der Waals surface area contributed by atoms with Gasteiger partial charge in [-0.25, -0.2) is 9.78 Å². The Kier molecular flexibility index (Phi) is 8.34. The van der Waals surface area contributed by atoms with Crippen LogP contribution in [0.25, 0.3) is 6.08 Å². The number of esters is 1. The number of hydrogen-bond acceptors (Lipinski definition) is 6. The van der Waals surface area contributed by atoms with Crippen molar-refractivity contribution in [3.8, 4) is 5.75 Å². The van der Waals surface area contributed by atoms with Crippen LogP contribution in [0, 0.1) is 6.92 Å². The van der Waals surface area contributed by atoms with Gasteiger partial charge in [-0.05, 0) is 42.8 Å². The van der Waals surface area contributed by atoms with Gasteiger partial charge in [0.25, 0.3) is 0 Å². The number of nitrogens with zero attached hydrogens (tertiary/aromatic N) is 1. The minimum absolute atomic E-state index is 0.0492. The number of aryl methyl sites for hydroxylation is 1. The number of nitrogens with one attached hydrogen (secondary N) is 1. The van der Waals surface area contributed by atoms with Crippen LogP contribution in [-0.2, 0) is 27.4 Å². The molecule has 7 heteroatoms. The van der Waals surface area contributed by atoms with E-state index in [1.54, 1.807) is 17.5 Å². The van der Waals surface area contributed by atoms with Gasteiger partial charge in [0.2, 0.25) is 5.91 Å². The molecule has 0 saturated carbocycles. The molecular formula is C25H24N2O4S. The fraction of sp³-hybridized carbons (Fsp3) is 0.160. The predicted octanol–water partition coefficient (Wildman–Crippen LogP) is 4.95. The molecule has 1 N–H and O–H groups in total. The van der Waals surface area contributed by atoms with Crippen LogP contribution in [0.4, 0.5) is 5.69 Å². The Balaban J connectivity index is 1.43. The second-order valence-electron chi connectivity index (χ2n) is 6.93. The SMILES string of the molecule is C=CCOc1ccc(/C=C/C(=O)OCc2csc(CC(=O)Nc3ccc(C)cc3)n2)cc1. The maximum atomic E-state index is 12.2. The van der Waals surface area contributed by atoms with Crippen molar-refractivity contribution in [2.45, 2.75) is 20.0 Å². The van der Waals surface area contributed by atoms with Gasteiger partial charge in [-0.2, -0.15) is 0 Å². The van der Waals surface area contributed by atoms with E-state index in [1.165, 1.54) is 17.4 Å². The Morgan fingerprint density at radius 3 is 2.59 bits per heavy atom. The molecule has 1 amide bonds. The van der Waals surface area contributed by atoms with Crippen LogP contribution in [0.15, 0.2) is 72.6 Å². The summed E-state index contributed by atoms with van der Waals surface area (Å²) in [6.07, 6.45) is 4.87. The zero-order chi connectivity index (χ0) is 22.8. The van der Waals surface area contributed by atoms with Crippen LogP contribution >= 0.6 is 11.3 Å². The third kappa shape index (κ3) is 7.52. The highest BCUT2D eigenvalue weighted by atomic mass is 32.1. The lowest BCUT2D eigenvalue weighted by Gasteiger charge is -2.04. The predicted molar refractivity (Wildman–Crippen MR) is 127 cm³/mol. The number of ether oxygens (including phenoxy) is 2. The third-order valence-electron chi connectivity index (χ3n) is 4.27. The Morgan fingerprint density at radius 1 is 1.12 bits per heavy atom. The Morgan fingerprint density at radius 2 is 1.88 bits per heavy atom. The van der Waals surface area contributed by atoms with E-state index in [9.17, 15) is 9.59 Å². The van der Waals surface area contributed by atoms with Crippen molar-refractivity contribution >= 4 is 35.0 Å². The highest BCUT2D eigenvalue weighted by Gasteiger charge is 2.09.